The van der Waals surface area contributed by atoms with Crippen LogP contribution in [0.1, 0.15) is 243 Å². The molecule has 1 heterocycles. The van der Waals surface area contributed by atoms with Gasteiger partial charge in [0.05, 0.1) is 0 Å². The first-order valence-electron chi connectivity index (χ1n) is 20.5. The molecule has 44 heavy (non-hydrogen) atoms. The third-order valence-corrected chi connectivity index (χ3v) is 9.68. The summed E-state index contributed by atoms with van der Waals surface area (Å²) in [5, 5.41) is 0. The second kappa shape index (κ2) is 33.4. The lowest BCUT2D eigenvalue weighted by Gasteiger charge is -2.08. The minimum atomic E-state index is 0.936. The van der Waals surface area contributed by atoms with Crippen molar-refractivity contribution in [3.8, 4) is 0 Å². The van der Waals surface area contributed by atoms with Crippen molar-refractivity contribution in [2.24, 2.45) is 0 Å². The van der Waals surface area contributed by atoms with Gasteiger partial charge in [0.2, 0.25) is 0 Å². The van der Waals surface area contributed by atoms with Crippen molar-refractivity contribution in [3.05, 3.63) is 29.7 Å². The van der Waals surface area contributed by atoms with Gasteiger partial charge >= 0.3 is 0 Å². The summed E-state index contributed by atoms with van der Waals surface area (Å²) in [6.45, 7) is 6.68. The van der Waals surface area contributed by atoms with Crippen LogP contribution in [-0.2, 0) is 12.8 Å². The molecule has 2 nitrogen and oxygen atoms in total. The Balaban J connectivity index is 1.97. The molecular weight excluding hydrogens is 532 g/mol. The first-order chi connectivity index (χ1) is 21.8. The Morgan fingerprint density at radius 1 is 0.364 bits per heavy atom. The standard InChI is InChI=1S/C42H79N2/c1-4-7-9-11-13-15-17-19-21-23-25-27-29-31-33-35-37-40-39-41(44-42(6-3)43-40)38-36-34-32-30-28-26-24-22-20-18-16-14-12-10-8-5-2/h6,39H,4-5,7-38H2,1-3H3. The zero-order valence-corrected chi connectivity index (χ0v) is 30.6. The second-order valence-electron chi connectivity index (χ2n) is 14.1. The van der Waals surface area contributed by atoms with Gasteiger partial charge < -0.3 is 0 Å². The van der Waals surface area contributed by atoms with E-state index < -0.39 is 0 Å². The van der Waals surface area contributed by atoms with Crippen molar-refractivity contribution >= 4 is 0 Å². The number of aromatic nitrogens is 2. The van der Waals surface area contributed by atoms with Crippen LogP contribution in [0.15, 0.2) is 6.07 Å². The van der Waals surface area contributed by atoms with Gasteiger partial charge in [-0.3, -0.25) is 0 Å². The zero-order chi connectivity index (χ0) is 31.6. The number of hydrogen-bond acceptors (Lipinski definition) is 2. The van der Waals surface area contributed by atoms with Crippen LogP contribution in [0.25, 0.3) is 0 Å². The van der Waals surface area contributed by atoms with Crippen LogP contribution >= 0.6 is 0 Å². The molecule has 1 rings (SSSR count). The smallest absolute Gasteiger partial charge is 0.132 e. The number of nitrogens with zero attached hydrogens (tertiary/aromatic N) is 2. The predicted molar refractivity (Wildman–Crippen MR) is 198 cm³/mol. The molecule has 0 aliphatic rings. The first-order valence-corrected chi connectivity index (χ1v) is 20.5. The predicted octanol–water partition coefficient (Wildman–Crippen LogP) is 14.7. The van der Waals surface area contributed by atoms with Crippen LogP contribution in [-0.4, -0.2) is 9.97 Å². The maximum atomic E-state index is 4.82. The van der Waals surface area contributed by atoms with Crippen molar-refractivity contribution in [3.63, 3.8) is 0 Å². The highest BCUT2D eigenvalue weighted by atomic mass is 14.9. The lowest BCUT2D eigenvalue weighted by atomic mass is 10.0. The SMILES string of the molecule is C[CH]c1nc(CCCCCCCCCCCCCCCCCC)cc(CCCCCCCCCCCCCCCCCC)n1. The molecule has 0 aromatic carbocycles. The number of hydrogen-bond donors (Lipinski definition) is 0. The van der Waals surface area contributed by atoms with Crippen LogP contribution in [0.4, 0.5) is 0 Å². The average Bonchev–Trinajstić information content (AvgIpc) is 3.04. The highest BCUT2D eigenvalue weighted by molar-refractivity contribution is 5.15. The van der Waals surface area contributed by atoms with E-state index in [1.54, 1.807) is 0 Å². The van der Waals surface area contributed by atoms with Crippen molar-refractivity contribution in [2.75, 3.05) is 0 Å². The molecule has 1 aromatic heterocycles. The monoisotopic (exact) mass is 612 g/mol. The molecule has 0 atom stereocenters. The van der Waals surface area contributed by atoms with E-state index in [4.69, 9.17) is 9.97 Å². The quantitative estimate of drug-likeness (QED) is 0.0713. The highest BCUT2D eigenvalue weighted by Gasteiger charge is 2.05. The summed E-state index contributed by atoms with van der Waals surface area (Å²) in [6, 6.07) is 2.31. The zero-order valence-electron chi connectivity index (χ0n) is 30.6. The molecule has 0 spiro atoms. The van der Waals surface area contributed by atoms with E-state index in [-0.39, 0.29) is 0 Å². The molecule has 0 aliphatic carbocycles. The topological polar surface area (TPSA) is 25.8 Å². The molecule has 0 saturated heterocycles. The fourth-order valence-corrected chi connectivity index (χ4v) is 6.67. The van der Waals surface area contributed by atoms with E-state index in [0.29, 0.717) is 0 Å². The van der Waals surface area contributed by atoms with E-state index in [1.165, 1.54) is 217 Å². The third kappa shape index (κ3) is 27.4. The second-order valence-corrected chi connectivity index (χ2v) is 14.1. The van der Waals surface area contributed by atoms with E-state index >= 15 is 0 Å². The summed E-state index contributed by atoms with van der Waals surface area (Å²) >= 11 is 0. The Morgan fingerprint density at radius 3 is 0.818 bits per heavy atom. The largest absolute Gasteiger partial charge is 0.238 e. The fourth-order valence-electron chi connectivity index (χ4n) is 6.67. The van der Waals surface area contributed by atoms with E-state index in [0.717, 1.165) is 18.7 Å². The van der Waals surface area contributed by atoms with Gasteiger partial charge in [0.25, 0.3) is 0 Å². The summed E-state index contributed by atoms with van der Waals surface area (Å²) < 4.78 is 0. The number of unbranched alkanes of at least 4 members (excludes halogenated alkanes) is 30. The molecule has 2 heteroatoms. The van der Waals surface area contributed by atoms with E-state index in [9.17, 15) is 0 Å². The normalized spacial score (nSPS) is 11.5. The average molecular weight is 612 g/mol. The molecular formula is C42H79N2. The molecule has 1 aromatic rings. The van der Waals surface area contributed by atoms with Gasteiger partial charge in [-0.05, 0) is 31.7 Å². The molecule has 0 bridgehead atoms. The van der Waals surface area contributed by atoms with Crippen LogP contribution < -0.4 is 0 Å². The van der Waals surface area contributed by atoms with Crippen LogP contribution in [0, 0.1) is 6.42 Å². The van der Waals surface area contributed by atoms with Gasteiger partial charge in [0.1, 0.15) is 5.82 Å². The Kier molecular flexibility index (Phi) is 31.2. The van der Waals surface area contributed by atoms with Crippen molar-refractivity contribution in [1.29, 1.82) is 0 Å². The van der Waals surface area contributed by atoms with E-state index in [2.05, 4.69) is 33.3 Å². The van der Waals surface area contributed by atoms with Crippen molar-refractivity contribution in [1.82, 2.24) is 9.97 Å². The van der Waals surface area contributed by atoms with Crippen molar-refractivity contribution < 1.29 is 0 Å². The molecule has 0 unspecified atom stereocenters. The molecule has 0 aliphatic heterocycles. The lowest BCUT2D eigenvalue weighted by Crippen LogP contribution is -2.02. The Morgan fingerprint density at radius 2 is 0.591 bits per heavy atom. The van der Waals surface area contributed by atoms with Crippen LogP contribution in [0.5, 0.6) is 0 Å². The molecule has 1 radical (unpaired) electrons. The molecule has 0 saturated carbocycles. The van der Waals surface area contributed by atoms with Crippen LogP contribution in [0.3, 0.4) is 0 Å². The van der Waals surface area contributed by atoms with Gasteiger partial charge in [-0.1, -0.05) is 213 Å². The summed E-state index contributed by atoms with van der Waals surface area (Å²) in [6.07, 6.45) is 49.9. The Labute approximate surface area is 278 Å². The summed E-state index contributed by atoms with van der Waals surface area (Å²) in [5.41, 5.74) is 2.54. The van der Waals surface area contributed by atoms with Crippen molar-refractivity contribution in [2.45, 2.75) is 239 Å². The van der Waals surface area contributed by atoms with Gasteiger partial charge in [-0.2, -0.15) is 0 Å². The molecule has 257 valence electrons. The van der Waals surface area contributed by atoms with Crippen LogP contribution in [0.2, 0.25) is 0 Å². The first kappa shape index (κ1) is 41.1. The van der Waals surface area contributed by atoms with Gasteiger partial charge in [0, 0.05) is 17.8 Å². The third-order valence-electron chi connectivity index (χ3n) is 9.68. The molecule has 0 amide bonds. The van der Waals surface area contributed by atoms with Gasteiger partial charge in [-0.25, -0.2) is 9.97 Å². The number of rotatable bonds is 35. The fraction of sp³-hybridized carbons (Fsp3) is 0.881. The highest BCUT2D eigenvalue weighted by Crippen LogP contribution is 2.17. The number of aryl methyl sites for hydroxylation is 2. The summed E-state index contributed by atoms with van der Waals surface area (Å²) in [4.78, 5) is 9.63. The lowest BCUT2D eigenvalue weighted by molar-refractivity contribution is 0.528. The Hall–Kier alpha value is -0.920. The summed E-state index contributed by atoms with van der Waals surface area (Å²) in [7, 11) is 0. The molecule has 0 N–H and O–H groups in total. The minimum absolute atomic E-state index is 0.936. The van der Waals surface area contributed by atoms with Gasteiger partial charge in [-0.15, -0.1) is 0 Å². The molecule has 0 fully saturated rings. The minimum Gasteiger partial charge on any atom is -0.238 e. The van der Waals surface area contributed by atoms with Gasteiger partial charge in [0.15, 0.2) is 0 Å². The van der Waals surface area contributed by atoms with E-state index in [1.807, 2.05) is 0 Å². The Bertz CT molecular complexity index is 645. The maximum absolute atomic E-state index is 4.82. The maximum Gasteiger partial charge on any atom is 0.132 e. The summed E-state index contributed by atoms with van der Waals surface area (Å²) in [5.74, 6) is 0.936.